The van der Waals surface area contributed by atoms with Crippen molar-refractivity contribution in [2.75, 3.05) is 58.5 Å². The highest BCUT2D eigenvalue weighted by molar-refractivity contribution is 5.58. The van der Waals surface area contributed by atoms with Crippen LogP contribution >= 0.6 is 0 Å². The molecule has 0 bridgehead atoms. The zero-order valence-corrected chi connectivity index (χ0v) is 16.0. The summed E-state index contributed by atoms with van der Waals surface area (Å²) in [4.78, 5) is 4.73. The molecule has 0 N–H and O–H groups in total. The maximum atomic E-state index is 5.68. The van der Waals surface area contributed by atoms with E-state index in [1.54, 1.807) is 14.2 Å². The average Bonchev–Trinajstić information content (AvgIpc) is 2.74. The van der Waals surface area contributed by atoms with Crippen molar-refractivity contribution in [2.45, 2.75) is 0 Å². The maximum absolute atomic E-state index is 5.68. The van der Waals surface area contributed by atoms with Crippen molar-refractivity contribution in [1.82, 2.24) is 4.90 Å². The molecular formula is C22H26N2O3. The quantitative estimate of drug-likeness (QED) is 0.735. The molecule has 142 valence electrons. The SMILES string of the molecule is COc1ccccc1OCC#CCN1CCN(c2ccccc2OC)CC1. The van der Waals surface area contributed by atoms with Crippen molar-refractivity contribution < 1.29 is 14.2 Å². The van der Waals surface area contributed by atoms with Gasteiger partial charge in [-0.25, -0.2) is 0 Å². The van der Waals surface area contributed by atoms with Gasteiger partial charge in [0.05, 0.1) is 26.5 Å². The highest BCUT2D eigenvalue weighted by Crippen LogP contribution is 2.28. The van der Waals surface area contributed by atoms with Crippen molar-refractivity contribution in [3.8, 4) is 29.1 Å². The maximum Gasteiger partial charge on any atom is 0.162 e. The van der Waals surface area contributed by atoms with Gasteiger partial charge in [0, 0.05) is 26.2 Å². The van der Waals surface area contributed by atoms with Crippen LogP contribution in [0.5, 0.6) is 17.2 Å². The highest BCUT2D eigenvalue weighted by Gasteiger charge is 2.18. The van der Waals surface area contributed by atoms with Gasteiger partial charge in [0.25, 0.3) is 0 Å². The van der Waals surface area contributed by atoms with E-state index in [2.05, 4.69) is 33.8 Å². The Balaban J connectivity index is 1.43. The lowest BCUT2D eigenvalue weighted by Gasteiger charge is -2.35. The van der Waals surface area contributed by atoms with E-state index in [4.69, 9.17) is 14.2 Å². The molecule has 2 aromatic rings. The van der Waals surface area contributed by atoms with Crippen LogP contribution in [-0.4, -0.2) is 58.5 Å². The Morgan fingerprint density at radius 2 is 1.41 bits per heavy atom. The normalized spacial score (nSPS) is 14.2. The number of para-hydroxylation sites is 4. The van der Waals surface area contributed by atoms with Crippen molar-refractivity contribution in [1.29, 1.82) is 0 Å². The average molecular weight is 366 g/mol. The number of benzene rings is 2. The monoisotopic (exact) mass is 366 g/mol. The lowest BCUT2D eigenvalue weighted by atomic mass is 10.2. The fraction of sp³-hybridized carbons (Fsp3) is 0.364. The van der Waals surface area contributed by atoms with Gasteiger partial charge < -0.3 is 19.1 Å². The minimum Gasteiger partial charge on any atom is -0.495 e. The summed E-state index contributed by atoms with van der Waals surface area (Å²) >= 11 is 0. The third kappa shape index (κ3) is 5.08. The smallest absolute Gasteiger partial charge is 0.162 e. The van der Waals surface area contributed by atoms with E-state index in [0.29, 0.717) is 6.61 Å². The molecule has 1 aliphatic rings. The van der Waals surface area contributed by atoms with E-state index in [1.165, 1.54) is 0 Å². The number of nitrogens with zero attached hydrogens (tertiary/aromatic N) is 2. The van der Waals surface area contributed by atoms with E-state index < -0.39 is 0 Å². The van der Waals surface area contributed by atoms with Crippen LogP contribution in [0.1, 0.15) is 0 Å². The minimum absolute atomic E-state index is 0.363. The zero-order chi connectivity index (χ0) is 18.9. The second-order valence-electron chi connectivity index (χ2n) is 6.23. The van der Waals surface area contributed by atoms with Crippen LogP contribution in [0, 0.1) is 11.8 Å². The number of ether oxygens (including phenoxy) is 3. The van der Waals surface area contributed by atoms with Gasteiger partial charge in [-0.15, -0.1) is 0 Å². The molecule has 27 heavy (non-hydrogen) atoms. The first-order valence-electron chi connectivity index (χ1n) is 9.13. The number of piperazine rings is 1. The van der Waals surface area contributed by atoms with E-state index in [1.807, 2.05) is 36.4 Å². The van der Waals surface area contributed by atoms with Gasteiger partial charge in [0.2, 0.25) is 0 Å². The van der Waals surface area contributed by atoms with E-state index >= 15 is 0 Å². The minimum atomic E-state index is 0.363. The first kappa shape index (κ1) is 18.9. The molecule has 0 aromatic heterocycles. The van der Waals surface area contributed by atoms with Crippen LogP contribution in [0.15, 0.2) is 48.5 Å². The third-order valence-electron chi connectivity index (χ3n) is 4.59. The molecule has 0 saturated carbocycles. The fourth-order valence-corrected chi connectivity index (χ4v) is 3.11. The molecule has 1 fully saturated rings. The van der Waals surface area contributed by atoms with E-state index in [-0.39, 0.29) is 0 Å². The van der Waals surface area contributed by atoms with Crippen LogP contribution in [0.25, 0.3) is 0 Å². The van der Waals surface area contributed by atoms with Crippen LogP contribution in [0.3, 0.4) is 0 Å². The Kier molecular flexibility index (Phi) is 6.84. The molecule has 0 unspecified atom stereocenters. The summed E-state index contributed by atoms with van der Waals surface area (Å²) < 4.78 is 16.4. The lowest BCUT2D eigenvalue weighted by molar-refractivity contribution is 0.286. The Labute approximate surface area is 161 Å². The Bertz CT molecular complexity index is 789. The van der Waals surface area contributed by atoms with Gasteiger partial charge in [-0.1, -0.05) is 36.1 Å². The first-order valence-corrected chi connectivity index (χ1v) is 9.13. The zero-order valence-electron chi connectivity index (χ0n) is 16.0. The van der Waals surface area contributed by atoms with Crippen LogP contribution in [0.2, 0.25) is 0 Å². The van der Waals surface area contributed by atoms with Crippen LogP contribution in [0.4, 0.5) is 5.69 Å². The van der Waals surface area contributed by atoms with Gasteiger partial charge in [0.1, 0.15) is 12.4 Å². The molecule has 5 heteroatoms. The topological polar surface area (TPSA) is 34.2 Å². The Morgan fingerprint density at radius 3 is 2.11 bits per heavy atom. The second-order valence-corrected chi connectivity index (χ2v) is 6.23. The molecular weight excluding hydrogens is 340 g/mol. The summed E-state index contributed by atoms with van der Waals surface area (Å²) in [6.45, 7) is 5.04. The molecule has 0 spiro atoms. The Hall–Kier alpha value is -2.84. The number of hydrogen-bond donors (Lipinski definition) is 0. The van der Waals surface area contributed by atoms with Gasteiger partial charge in [-0.2, -0.15) is 0 Å². The molecule has 1 saturated heterocycles. The second kappa shape index (κ2) is 9.75. The molecule has 0 atom stereocenters. The van der Waals surface area contributed by atoms with Crippen LogP contribution < -0.4 is 19.1 Å². The van der Waals surface area contributed by atoms with Crippen molar-refractivity contribution in [2.24, 2.45) is 0 Å². The Morgan fingerprint density at radius 1 is 0.778 bits per heavy atom. The first-order chi connectivity index (χ1) is 13.3. The number of anilines is 1. The molecule has 0 radical (unpaired) electrons. The van der Waals surface area contributed by atoms with Crippen molar-refractivity contribution in [3.05, 3.63) is 48.5 Å². The number of hydrogen-bond acceptors (Lipinski definition) is 5. The molecule has 1 heterocycles. The number of rotatable bonds is 6. The largest absolute Gasteiger partial charge is 0.495 e. The lowest BCUT2D eigenvalue weighted by Crippen LogP contribution is -2.46. The molecule has 5 nitrogen and oxygen atoms in total. The third-order valence-corrected chi connectivity index (χ3v) is 4.59. The van der Waals surface area contributed by atoms with Gasteiger partial charge >= 0.3 is 0 Å². The van der Waals surface area contributed by atoms with Gasteiger partial charge in [-0.05, 0) is 24.3 Å². The summed E-state index contributed by atoms with van der Waals surface area (Å²) in [7, 11) is 3.36. The van der Waals surface area contributed by atoms with Gasteiger partial charge in [-0.3, -0.25) is 4.90 Å². The molecule has 0 aliphatic carbocycles. The molecule has 1 aliphatic heterocycles. The van der Waals surface area contributed by atoms with E-state index in [0.717, 1.165) is 55.7 Å². The predicted octanol–water partition coefficient (Wildman–Crippen LogP) is 2.91. The standard InChI is InChI=1S/C22H26N2O3/c1-25-20-10-4-3-9-19(20)24-16-14-23(15-17-24)13-7-8-18-27-22-12-6-5-11-21(22)26-2/h3-6,9-12H,13-18H2,1-2H3. The summed E-state index contributed by atoms with van der Waals surface area (Å²) in [5.74, 6) is 8.68. The van der Waals surface area contributed by atoms with Crippen LogP contribution in [-0.2, 0) is 0 Å². The van der Waals surface area contributed by atoms with Crippen molar-refractivity contribution >= 4 is 5.69 Å². The molecule has 3 rings (SSSR count). The summed E-state index contributed by atoms with van der Waals surface area (Å²) in [5.41, 5.74) is 1.16. The predicted molar refractivity (Wildman–Crippen MR) is 108 cm³/mol. The number of methoxy groups -OCH3 is 2. The highest BCUT2D eigenvalue weighted by atomic mass is 16.5. The van der Waals surface area contributed by atoms with E-state index in [9.17, 15) is 0 Å². The fourth-order valence-electron chi connectivity index (χ4n) is 3.11. The summed E-state index contributed by atoms with van der Waals surface area (Å²) in [5, 5.41) is 0. The summed E-state index contributed by atoms with van der Waals surface area (Å²) in [6.07, 6.45) is 0. The van der Waals surface area contributed by atoms with Gasteiger partial charge in [0.15, 0.2) is 11.5 Å². The molecule has 2 aromatic carbocycles. The summed E-state index contributed by atoms with van der Waals surface area (Å²) in [6, 6.07) is 15.8. The molecule has 0 amide bonds. The van der Waals surface area contributed by atoms with Crippen molar-refractivity contribution in [3.63, 3.8) is 0 Å².